The van der Waals surface area contributed by atoms with E-state index in [-0.39, 0.29) is 77.0 Å². The molecule has 0 rings (SSSR count). The first-order valence-corrected chi connectivity index (χ1v) is 42.9. The lowest BCUT2D eigenvalue weighted by Gasteiger charge is -2.64. The number of alkyl halides is 36. The normalized spacial score (nSPS) is 20.3. The molecule has 0 bridgehead atoms. The Morgan fingerprint density at radius 2 is 0.384 bits per heavy atom. The molecule has 86 heavy (non-hydrogen) atoms. The van der Waals surface area contributed by atoms with Crippen LogP contribution in [0.1, 0.15) is 139 Å². The number of phosphoric acid groups is 1. The fraction of sp³-hybridized carbons (Fsp3) is 1.00. The van der Waals surface area contributed by atoms with Crippen LogP contribution in [0.5, 0.6) is 0 Å². The van der Waals surface area contributed by atoms with Crippen molar-refractivity contribution < 1.29 is 18.1 Å². The first kappa shape index (κ1) is 97.7. The van der Waals surface area contributed by atoms with Crippen molar-refractivity contribution in [2.45, 2.75) is 250 Å². The van der Waals surface area contributed by atoms with Crippen LogP contribution < -0.4 is 0 Å². The van der Waals surface area contributed by atoms with Crippen LogP contribution in [0.25, 0.3) is 0 Å². The minimum Gasteiger partial charge on any atom is -0.271 e. The fourth-order valence-corrected chi connectivity index (χ4v) is 31.7. The van der Waals surface area contributed by atoms with Crippen molar-refractivity contribution in [2.75, 3.05) is 0 Å². The molecule has 0 aliphatic heterocycles. The molecule has 0 saturated carbocycles. The van der Waals surface area contributed by atoms with Gasteiger partial charge in [0.05, 0.1) is 32.3 Å². The summed E-state index contributed by atoms with van der Waals surface area (Å²) >= 11 is 246. The Labute approximate surface area is 708 Å². The Kier molecular flexibility index (Phi) is 39.9. The SMILES string of the molecule is CCCC(Cl)C(Cl)(Cl)C(Cl)(Cl)C(OP(=O)(OC(C(C)(Br)Br)(C(Cl)(Cl)C(Cl)(Cl)C(Cl)CCC)C(Cl)(Cl)C(Cl)(Cl)C(Cl)CCC)OC(C(C)(Br)Br)(C(Cl)(Cl)C(Cl)(Cl)C(Cl)CCC)C(Cl)(Cl)C(Cl)(Cl)C(Cl)CCC)(C(C)(Br)Br)C(Cl)(Cl)C(Cl)(Cl)C(Cl)CCC. The highest BCUT2D eigenvalue weighted by atomic mass is 79.9. The third-order valence-electron chi connectivity index (χ3n) is 13.4. The number of rotatable bonds is 39. The van der Waals surface area contributed by atoms with Gasteiger partial charge in [0.25, 0.3) is 0 Å². The van der Waals surface area contributed by atoms with Crippen LogP contribution in [-0.2, 0) is 18.1 Å². The highest BCUT2D eigenvalue weighted by Crippen LogP contribution is 2.83. The van der Waals surface area contributed by atoms with Crippen LogP contribution in [0, 0.1) is 0 Å². The summed E-state index contributed by atoms with van der Waals surface area (Å²) in [5.74, 6) is 0. The van der Waals surface area contributed by atoms with E-state index in [2.05, 4.69) is 95.6 Å². The third-order valence-corrected chi connectivity index (χ3v) is 38.5. The smallest absolute Gasteiger partial charge is 0.271 e. The molecule has 0 aromatic carbocycles. The fourth-order valence-electron chi connectivity index (χ4n) is 8.59. The van der Waals surface area contributed by atoms with E-state index in [0.717, 1.165) is 20.8 Å². The minimum absolute atomic E-state index is 0.144. The maximum Gasteiger partial charge on any atom is 0.477 e. The van der Waals surface area contributed by atoms with Crippen LogP contribution in [0.4, 0.5) is 0 Å². The Morgan fingerprint density at radius 1 is 0.279 bits per heavy atom. The van der Waals surface area contributed by atoms with Gasteiger partial charge in [-0.2, -0.15) is 0 Å². The largest absolute Gasteiger partial charge is 0.477 e. The predicted molar refractivity (Wildman–Crippen MR) is 418 cm³/mol. The van der Waals surface area contributed by atoms with Crippen LogP contribution >= 0.6 is 451 Å². The number of phosphoric ester groups is 1. The Hall–Kier alpha value is 11.7. The van der Waals surface area contributed by atoms with Gasteiger partial charge in [0.2, 0.25) is 0 Å². The molecule has 518 valence electrons. The van der Waals surface area contributed by atoms with Crippen molar-refractivity contribution in [3.05, 3.63) is 0 Å². The Balaban J connectivity index is 12.1. The lowest BCUT2D eigenvalue weighted by atomic mass is 9.83. The second-order valence-electron chi connectivity index (χ2n) is 20.2. The summed E-state index contributed by atoms with van der Waals surface area (Å²) in [6.45, 7) is 13.4. The molecule has 0 amide bonds. The zero-order chi connectivity index (χ0) is 69.6. The van der Waals surface area contributed by atoms with E-state index in [0.29, 0.717) is 0 Å². The molecule has 0 N–H and O–H groups in total. The molecule has 0 heterocycles. The van der Waals surface area contributed by atoms with Gasteiger partial charge in [-0.1, -0.05) is 454 Å². The van der Waals surface area contributed by atoms with E-state index >= 15 is 4.57 Å². The molecule has 0 saturated heterocycles. The molecule has 0 radical (unpaired) electrons. The molecule has 6 atom stereocenters. The second-order valence-corrected chi connectivity index (χ2v) is 53.7. The van der Waals surface area contributed by atoms with Gasteiger partial charge in [-0.25, -0.2) is 4.57 Å². The zero-order valence-electron chi connectivity index (χ0n) is 45.6. The molecule has 0 fully saturated rings. The molecule has 0 aliphatic carbocycles. The van der Waals surface area contributed by atoms with Crippen molar-refractivity contribution in [1.82, 2.24) is 0 Å². The predicted octanol–water partition coefficient (Wildman–Crippen LogP) is 31.4. The van der Waals surface area contributed by atoms with Crippen molar-refractivity contribution >= 4 is 451 Å². The van der Waals surface area contributed by atoms with E-state index < -0.39 is 119 Å². The summed E-state index contributed by atoms with van der Waals surface area (Å²) in [6.07, 6.45) is 0.410. The van der Waals surface area contributed by atoms with Gasteiger partial charge in [0.1, 0.15) is 9.70 Å². The van der Waals surface area contributed by atoms with Gasteiger partial charge in [-0.15, -0.1) is 69.6 Å². The molecular weight excluding hydrogens is 2180 g/mol. The molecule has 41 heteroatoms. The van der Waals surface area contributed by atoms with E-state index in [1.54, 1.807) is 41.5 Å². The summed E-state index contributed by atoms with van der Waals surface area (Å²) in [4.78, 5) is 0. The first-order valence-electron chi connectivity index (χ1n) is 25.0. The highest BCUT2D eigenvalue weighted by Gasteiger charge is 2.89. The molecule has 0 aromatic heterocycles. The van der Waals surface area contributed by atoms with Crippen molar-refractivity contribution in [2.24, 2.45) is 0 Å². The summed E-state index contributed by atoms with van der Waals surface area (Å²) in [6, 6.07) is 0. The standard InChI is InChI=1S/C45H57Br6Cl30O4P/c1-10-16-22(52)31(58,59)40(70,71)37(28(7,46)47,41(72,73)32(60,61)23(53)17-11-2)83-86(82,84-38(29(8,48)49,42(74,75)33(62,63)24(54)18-12-3)43(76,77)34(64,65)25(55)19-13-4)85-39(30(9,50)51,44(78,79)35(66,67)26(56)20-14-5)45(80,81)36(68,69)27(57)21-15-6/h22-27H,10-21H2,1-9H3. The second kappa shape index (κ2) is 35.2. The molecular formula is C45H57Br6Cl30O4P. The Morgan fingerprint density at radius 3 is 0.465 bits per heavy atom. The lowest BCUT2D eigenvalue weighted by molar-refractivity contribution is -0.102. The molecule has 4 nitrogen and oxygen atoms in total. The average Bonchev–Trinajstić information content (AvgIpc) is 0.702. The van der Waals surface area contributed by atoms with Gasteiger partial charge in [0, 0.05) is 0 Å². The van der Waals surface area contributed by atoms with Gasteiger partial charge < -0.3 is 0 Å². The van der Waals surface area contributed by atoms with Gasteiger partial charge >= 0.3 is 7.82 Å². The quantitative estimate of drug-likeness (QED) is 0.0454. The van der Waals surface area contributed by atoms with Crippen LogP contribution in [0.3, 0.4) is 0 Å². The van der Waals surface area contributed by atoms with Crippen LogP contribution in [0.2, 0.25) is 0 Å². The summed E-state index contributed by atoms with van der Waals surface area (Å²) in [5.41, 5.74) is -11.3. The summed E-state index contributed by atoms with van der Waals surface area (Å²) in [5, 5.41) is -9.85. The minimum atomic E-state index is -7.30. The van der Waals surface area contributed by atoms with E-state index in [4.69, 9.17) is 362 Å². The third kappa shape index (κ3) is 17.9. The lowest BCUT2D eigenvalue weighted by Crippen LogP contribution is -2.80. The molecule has 0 aliphatic rings. The number of hydrogen-bond donors (Lipinski definition) is 0. The van der Waals surface area contributed by atoms with Gasteiger partial charge in [-0.3, -0.25) is 13.6 Å². The summed E-state index contributed by atoms with van der Waals surface area (Å²) in [7, 11) is -7.30. The van der Waals surface area contributed by atoms with Crippen molar-refractivity contribution in [3.63, 3.8) is 0 Å². The van der Waals surface area contributed by atoms with E-state index in [1.165, 1.54) is 0 Å². The topological polar surface area (TPSA) is 44.8 Å². The maximum absolute atomic E-state index is 18.8. The molecule has 0 aromatic rings. The Bertz CT molecular complexity index is 1890. The summed E-state index contributed by atoms with van der Waals surface area (Å²) < 4.78 is -6.78. The average molecular weight is 2240 g/mol. The highest BCUT2D eigenvalue weighted by molar-refractivity contribution is 9.26. The zero-order valence-corrected chi connectivity index (χ0v) is 78.7. The van der Waals surface area contributed by atoms with E-state index in [1.807, 2.05) is 0 Å². The monoisotopic (exact) mass is 2210 g/mol. The van der Waals surface area contributed by atoms with Gasteiger partial charge in [0.15, 0.2) is 68.8 Å². The molecule has 6 unspecified atom stereocenters. The molecule has 0 spiro atoms. The first-order chi connectivity index (χ1) is 37.8. The van der Waals surface area contributed by atoms with Crippen molar-refractivity contribution in [1.29, 1.82) is 0 Å². The van der Waals surface area contributed by atoms with Crippen molar-refractivity contribution in [3.8, 4) is 0 Å². The maximum atomic E-state index is 18.8. The van der Waals surface area contributed by atoms with Gasteiger partial charge in [-0.05, 0) is 59.3 Å². The van der Waals surface area contributed by atoms with Crippen LogP contribution in [-0.4, -0.2) is 111 Å². The number of halogens is 36. The van der Waals surface area contributed by atoms with E-state index in [9.17, 15) is 0 Å². The van der Waals surface area contributed by atoms with Crippen LogP contribution in [0.15, 0.2) is 0 Å². The number of hydrogen-bond acceptors (Lipinski definition) is 4.